The van der Waals surface area contributed by atoms with Crippen LogP contribution in [0, 0.1) is 19.8 Å². The minimum Gasteiger partial charge on any atom is -0.334 e. The van der Waals surface area contributed by atoms with Crippen molar-refractivity contribution >= 4 is 0 Å². The number of fused-ring (bicyclic) bond motifs is 1. The summed E-state index contributed by atoms with van der Waals surface area (Å²) >= 11 is 0. The minimum atomic E-state index is -4.37. The molecule has 0 fully saturated rings. The van der Waals surface area contributed by atoms with Crippen LogP contribution in [-0.4, -0.2) is 25.9 Å². The van der Waals surface area contributed by atoms with E-state index < -0.39 is 11.9 Å². The predicted molar refractivity (Wildman–Crippen MR) is 92.7 cm³/mol. The molecule has 0 saturated carbocycles. The summed E-state index contributed by atoms with van der Waals surface area (Å²) in [6, 6.07) is 0. The van der Waals surface area contributed by atoms with Crippen LogP contribution >= 0.6 is 0 Å². The Morgan fingerprint density at radius 3 is 2.77 bits per heavy atom. The van der Waals surface area contributed by atoms with Gasteiger partial charge in [-0.1, -0.05) is 6.92 Å². The van der Waals surface area contributed by atoms with Gasteiger partial charge in [0, 0.05) is 43.5 Å². The average molecular weight is 369 g/mol. The van der Waals surface area contributed by atoms with Gasteiger partial charge in [-0.2, -0.15) is 18.3 Å². The smallest absolute Gasteiger partial charge is 0.334 e. The van der Waals surface area contributed by atoms with Crippen LogP contribution in [0.15, 0.2) is 6.20 Å². The molecule has 1 aliphatic heterocycles. The first-order chi connectivity index (χ1) is 12.3. The summed E-state index contributed by atoms with van der Waals surface area (Å²) in [7, 11) is 0. The van der Waals surface area contributed by atoms with Crippen molar-refractivity contribution in [3.63, 3.8) is 0 Å². The zero-order valence-electron chi connectivity index (χ0n) is 15.5. The molecule has 1 atom stereocenters. The molecule has 0 aromatic carbocycles. The second-order valence-electron chi connectivity index (χ2n) is 7.10. The number of rotatable bonds is 6. The standard InChI is InChI=1S/C18H26F3N5/c1-4-7-26-13(3)15(12(2)24-26)9-22-8-14-5-6-17-23-16(18(19,20)21)11-25(17)10-14/h11,14,22H,4-10H2,1-3H3/t14-/m1/s1. The molecule has 3 rings (SSSR count). The summed E-state index contributed by atoms with van der Waals surface area (Å²) in [4.78, 5) is 3.73. The first-order valence-corrected chi connectivity index (χ1v) is 9.16. The molecular formula is C18H26F3N5. The van der Waals surface area contributed by atoms with E-state index in [4.69, 9.17) is 0 Å². The first-order valence-electron chi connectivity index (χ1n) is 9.16. The molecule has 5 nitrogen and oxygen atoms in total. The highest BCUT2D eigenvalue weighted by Gasteiger charge is 2.35. The zero-order chi connectivity index (χ0) is 18.9. The number of aryl methyl sites for hydroxylation is 3. The van der Waals surface area contributed by atoms with Crippen molar-refractivity contribution in [1.29, 1.82) is 0 Å². The van der Waals surface area contributed by atoms with Crippen molar-refractivity contribution in [2.24, 2.45) is 5.92 Å². The average Bonchev–Trinajstić information content (AvgIpc) is 3.11. The van der Waals surface area contributed by atoms with Gasteiger partial charge in [-0.3, -0.25) is 4.68 Å². The molecule has 144 valence electrons. The number of nitrogens with one attached hydrogen (secondary N) is 1. The van der Waals surface area contributed by atoms with Crippen LogP contribution in [0.25, 0.3) is 0 Å². The fourth-order valence-electron chi connectivity index (χ4n) is 3.64. The highest BCUT2D eigenvalue weighted by atomic mass is 19.4. The SMILES string of the molecule is CCCn1nc(C)c(CNC[C@H]2CCc3nc(C(F)(F)F)cn3C2)c1C. The van der Waals surface area contributed by atoms with E-state index in [-0.39, 0.29) is 0 Å². The van der Waals surface area contributed by atoms with Crippen LogP contribution in [0.2, 0.25) is 0 Å². The lowest BCUT2D eigenvalue weighted by atomic mass is 9.99. The van der Waals surface area contributed by atoms with Gasteiger partial charge in [0.1, 0.15) is 5.82 Å². The summed E-state index contributed by atoms with van der Waals surface area (Å²) < 4.78 is 42.1. The second-order valence-corrected chi connectivity index (χ2v) is 7.10. The molecule has 0 unspecified atom stereocenters. The van der Waals surface area contributed by atoms with E-state index in [9.17, 15) is 13.2 Å². The third-order valence-corrected chi connectivity index (χ3v) is 5.08. The number of imidazole rings is 1. The fraction of sp³-hybridized carbons (Fsp3) is 0.667. The van der Waals surface area contributed by atoms with Crippen LogP contribution in [-0.2, 0) is 32.2 Å². The number of aromatic nitrogens is 4. The Morgan fingerprint density at radius 1 is 1.31 bits per heavy atom. The van der Waals surface area contributed by atoms with Gasteiger partial charge in [-0.25, -0.2) is 4.98 Å². The molecule has 0 aliphatic carbocycles. The van der Waals surface area contributed by atoms with Gasteiger partial charge < -0.3 is 9.88 Å². The van der Waals surface area contributed by atoms with Crippen LogP contribution in [0.5, 0.6) is 0 Å². The molecule has 2 aromatic rings. The number of hydrogen-bond acceptors (Lipinski definition) is 3. The number of nitrogens with zero attached hydrogens (tertiary/aromatic N) is 4. The van der Waals surface area contributed by atoms with Gasteiger partial charge in [0.2, 0.25) is 0 Å². The van der Waals surface area contributed by atoms with Crippen molar-refractivity contribution in [1.82, 2.24) is 24.6 Å². The number of hydrogen-bond donors (Lipinski definition) is 1. The third kappa shape index (κ3) is 3.95. The van der Waals surface area contributed by atoms with E-state index in [0.29, 0.717) is 24.7 Å². The largest absolute Gasteiger partial charge is 0.434 e. The molecule has 0 radical (unpaired) electrons. The molecule has 1 N–H and O–H groups in total. The topological polar surface area (TPSA) is 47.7 Å². The van der Waals surface area contributed by atoms with Crippen LogP contribution in [0.4, 0.5) is 13.2 Å². The van der Waals surface area contributed by atoms with Gasteiger partial charge in [0.05, 0.1) is 5.69 Å². The maximum atomic E-state index is 12.8. The van der Waals surface area contributed by atoms with E-state index in [1.165, 1.54) is 11.3 Å². The Kier molecular flexibility index (Phi) is 5.41. The number of alkyl halides is 3. The summed E-state index contributed by atoms with van der Waals surface area (Å²) in [5, 5.41) is 8.05. The lowest BCUT2D eigenvalue weighted by Gasteiger charge is -2.24. The molecule has 26 heavy (non-hydrogen) atoms. The monoisotopic (exact) mass is 369 g/mol. The molecule has 8 heteroatoms. The molecule has 0 bridgehead atoms. The van der Waals surface area contributed by atoms with E-state index in [1.807, 2.05) is 11.6 Å². The van der Waals surface area contributed by atoms with Gasteiger partial charge in [-0.15, -0.1) is 0 Å². The normalized spacial score (nSPS) is 17.5. The van der Waals surface area contributed by atoms with E-state index in [1.54, 1.807) is 4.57 Å². The fourth-order valence-corrected chi connectivity index (χ4v) is 3.64. The van der Waals surface area contributed by atoms with Gasteiger partial charge in [0.15, 0.2) is 5.69 Å². The molecule has 1 aliphatic rings. The Hall–Kier alpha value is -1.83. The highest BCUT2D eigenvalue weighted by Crippen LogP contribution is 2.30. The quantitative estimate of drug-likeness (QED) is 0.848. The van der Waals surface area contributed by atoms with Gasteiger partial charge >= 0.3 is 6.18 Å². The lowest BCUT2D eigenvalue weighted by molar-refractivity contribution is -0.141. The number of halogens is 3. The highest BCUT2D eigenvalue weighted by molar-refractivity contribution is 5.24. The Labute approximate surface area is 151 Å². The van der Waals surface area contributed by atoms with Crippen molar-refractivity contribution in [3.8, 4) is 0 Å². The van der Waals surface area contributed by atoms with E-state index >= 15 is 0 Å². The van der Waals surface area contributed by atoms with Crippen molar-refractivity contribution < 1.29 is 13.2 Å². The molecule has 3 heterocycles. The summed E-state index contributed by atoms with van der Waals surface area (Å²) in [6.45, 7) is 9.25. The van der Waals surface area contributed by atoms with Gasteiger partial charge in [-0.05, 0) is 39.2 Å². The second kappa shape index (κ2) is 7.42. The Balaban J connectivity index is 1.56. The molecular weight excluding hydrogens is 343 g/mol. The maximum absolute atomic E-state index is 12.8. The zero-order valence-corrected chi connectivity index (χ0v) is 15.5. The lowest BCUT2D eigenvalue weighted by Crippen LogP contribution is -2.30. The Bertz CT molecular complexity index is 760. The predicted octanol–water partition coefficient (Wildman–Crippen LogP) is 3.48. The first kappa shape index (κ1) is 18.9. The minimum absolute atomic E-state index is 0.309. The van der Waals surface area contributed by atoms with Crippen LogP contribution in [0.1, 0.15) is 48.2 Å². The van der Waals surface area contributed by atoms with Gasteiger partial charge in [0.25, 0.3) is 0 Å². The van der Waals surface area contributed by atoms with E-state index in [2.05, 4.69) is 29.2 Å². The van der Waals surface area contributed by atoms with Crippen molar-refractivity contribution in [3.05, 3.63) is 34.7 Å². The van der Waals surface area contributed by atoms with E-state index in [0.717, 1.165) is 44.4 Å². The van der Waals surface area contributed by atoms with Crippen LogP contribution < -0.4 is 5.32 Å². The Morgan fingerprint density at radius 2 is 2.08 bits per heavy atom. The van der Waals surface area contributed by atoms with Crippen molar-refractivity contribution in [2.75, 3.05) is 6.54 Å². The maximum Gasteiger partial charge on any atom is 0.434 e. The summed E-state index contributed by atoms with van der Waals surface area (Å²) in [5.74, 6) is 0.852. The van der Waals surface area contributed by atoms with Crippen molar-refractivity contribution in [2.45, 2.75) is 65.8 Å². The molecule has 0 spiro atoms. The molecule has 0 saturated heterocycles. The third-order valence-electron chi connectivity index (χ3n) is 5.08. The summed E-state index contributed by atoms with van der Waals surface area (Å²) in [6.07, 6.45) is -0.732. The molecule has 2 aromatic heterocycles. The van der Waals surface area contributed by atoms with Crippen LogP contribution in [0.3, 0.4) is 0 Å². The summed E-state index contributed by atoms with van der Waals surface area (Å²) in [5.41, 5.74) is 2.67. The molecule has 0 amide bonds.